The minimum absolute atomic E-state index is 0.340. The molecule has 8 heteroatoms. The van der Waals surface area contributed by atoms with Gasteiger partial charge in [0.15, 0.2) is 0 Å². The van der Waals surface area contributed by atoms with Crippen LogP contribution < -0.4 is 16.0 Å². The van der Waals surface area contributed by atoms with Crippen LogP contribution >= 0.6 is 0 Å². The van der Waals surface area contributed by atoms with E-state index in [4.69, 9.17) is 5.73 Å². The third kappa shape index (κ3) is 3.71. The zero-order valence-corrected chi connectivity index (χ0v) is 15.8. The van der Waals surface area contributed by atoms with Gasteiger partial charge in [0.05, 0.1) is 18.0 Å². The van der Waals surface area contributed by atoms with E-state index in [1.165, 1.54) is 0 Å². The molecule has 1 aliphatic heterocycles. The molecule has 0 aliphatic carbocycles. The Labute approximate surface area is 158 Å². The summed E-state index contributed by atoms with van der Waals surface area (Å²) in [5, 5.41) is 3.30. The van der Waals surface area contributed by atoms with Gasteiger partial charge < -0.3 is 20.5 Å². The van der Waals surface area contributed by atoms with Gasteiger partial charge in [0, 0.05) is 31.4 Å². The summed E-state index contributed by atoms with van der Waals surface area (Å²) in [6.45, 7) is 6.93. The van der Waals surface area contributed by atoms with Crippen molar-refractivity contribution in [1.29, 1.82) is 0 Å². The van der Waals surface area contributed by atoms with Crippen LogP contribution in [0.3, 0.4) is 0 Å². The maximum absolute atomic E-state index is 5.79. The van der Waals surface area contributed by atoms with Crippen LogP contribution in [0.4, 0.5) is 17.6 Å². The molecular weight excluding hydrogens is 340 g/mol. The summed E-state index contributed by atoms with van der Waals surface area (Å²) < 4.78 is 2.13. The summed E-state index contributed by atoms with van der Waals surface area (Å²) in [5.74, 6) is 2.85. The second-order valence-corrected chi connectivity index (χ2v) is 7.34. The van der Waals surface area contributed by atoms with Gasteiger partial charge in [-0.15, -0.1) is 0 Å². The topological polar surface area (TPSA) is 97.8 Å². The van der Waals surface area contributed by atoms with Crippen molar-refractivity contribution in [3.63, 3.8) is 0 Å². The van der Waals surface area contributed by atoms with Crippen LogP contribution in [0.5, 0.6) is 0 Å². The first-order valence-corrected chi connectivity index (χ1v) is 9.51. The lowest BCUT2D eigenvalue weighted by Crippen LogP contribution is -2.37. The Morgan fingerprint density at radius 3 is 2.74 bits per heavy atom. The Bertz CT molecular complexity index is 911. The van der Waals surface area contributed by atoms with Crippen molar-refractivity contribution in [2.45, 2.75) is 32.7 Å². The first kappa shape index (κ1) is 17.7. The molecule has 27 heavy (non-hydrogen) atoms. The summed E-state index contributed by atoms with van der Waals surface area (Å²) in [5.41, 5.74) is 7.73. The van der Waals surface area contributed by atoms with E-state index in [1.54, 1.807) is 12.4 Å². The molecule has 3 aromatic heterocycles. The maximum atomic E-state index is 5.79. The van der Waals surface area contributed by atoms with Crippen LogP contribution in [0.25, 0.3) is 11.0 Å². The molecule has 0 aromatic carbocycles. The predicted molar refractivity (Wildman–Crippen MR) is 107 cm³/mol. The highest BCUT2D eigenvalue weighted by molar-refractivity contribution is 5.78. The highest BCUT2D eigenvalue weighted by Crippen LogP contribution is 2.23. The molecule has 142 valence electrons. The van der Waals surface area contributed by atoms with Crippen LogP contribution in [0.2, 0.25) is 0 Å². The van der Waals surface area contributed by atoms with Crippen molar-refractivity contribution in [3.05, 3.63) is 30.9 Å². The second kappa shape index (κ2) is 7.48. The minimum Gasteiger partial charge on any atom is -0.341 e. The van der Waals surface area contributed by atoms with E-state index in [9.17, 15) is 0 Å². The number of nitrogens with zero attached hydrogens (tertiary/aromatic N) is 6. The third-order valence-corrected chi connectivity index (χ3v) is 5.15. The van der Waals surface area contributed by atoms with Crippen molar-refractivity contribution in [1.82, 2.24) is 24.5 Å². The molecule has 0 saturated carbocycles. The summed E-state index contributed by atoms with van der Waals surface area (Å²) in [7, 11) is 0. The van der Waals surface area contributed by atoms with Gasteiger partial charge in [0.25, 0.3) is 0 Å². The molecule has 0 amide bonds. The van der Waals surface area contributed by atoms with E-state index < -0.39 is 0 Å². The zero-order valence-electron chi connectivity index (χ0n) is 15.8. The van der Waals surface area contributed by atoms with Crippen molar-refractivity contribution in [2.75, 3.05) is 29.9 Å². The number of aromatic nitrogens is 5. The largest absolute Gasteiger partial charge is 0.341 e. The summed E-state index contributed by atoms with van der Waals surface area (Å²) in [6.07, 6.45) is 7.62. The SMILES string of the molecule is CC(C)n1cnc2cnc(Nc3ccnc(N4CCC(CN)CC4)n3)cc21. The van der Waals surface area contributed by atoms with Gasteiger partial charge in [-0.25, -0.2) is 15.0 Å². The Hall–Kier alpha value is -2.74. The first-order valence-electron chi connectivity index (χ1n) is 9.51. The Kier molecular flexibility index (Phi) is 4.89. The molecule has 1 fully saturated rings. The monoisotopic (exact) mass is 366 g/mol. The summed E-state index contributed by atoms with van der Waals surface area (Å²) in [4.78, 5) is 20.2. The molecule has 3 aromatic rings. The number of piperidine rings is 1. The number of anilines is 3. The lowest BCUT2D eigenvalue weighted by Gasteiger charge is -2.31. The van der Waals surface area contributed by atoms with Gasteiger partial charge in [0.2, 0.25) is 5.95 Å². The number of hydrogen-bond donors (Lipinski definition) is 2. The second-order valence-electron chi connectivity index (χ2n) is 7.34. The average Bonchev–Trinajstić information content (AvgIpc) is 3.12. The Morgan fingerprint density at radius 1 is 1.19 bits per heavy atom. The number of hydrogen-bond acceptors (Lipinski definition) is 7. The molecule has 1 saturated heterocycles. The van der Waals surface area contributed by atoms with E-state index in [0.29, 0.717) is 12.0 Å². The maximum Gasteiger partial charge on any atom is 0.227 e. The molecule has 0 radical (unpaired) electrons. The van der Waals surface area contributed by atoms with Crippen molar-refractivity contribution < 1.29 is 0 Å². The summed E-state index contributed by atoms with van der Waals surface area (Å²) >= 11 is 0. The van der Waals surface area contributed by atoms with Gasteiger partial charge in [-0.1, -0.05) is 0 Å². The molecule has 0 atom stereocenters. The average molecular weight is 366 g/mol. The molecule has 0 unspecified atom stereocenters. The predicted octanol–water partition coefficient (Wildman–Crippen LogP) is 2.72. The lowest BCUT2D eigenvalue weighted by molar-refractivity contribution is 0.411. The standard InChI is InChI=1S/C19H26N8/c1-13(2)27-12-23-15-11-22-18(9-16(15)27)24-17-3-6-21-19(25-17)26-7-4-14(10-20)5-8-26/h3,6,9,11-14H,4-5,7-8,10,20H2,1-2H3,(H,21,22,24,25). The number of imidazole rings is 1. The van der Waals surface area contributed by atoms with Crippen molar-refractivity contribution in [3.8, 4) is 0 Å². The van der Waals surface area contributed by atoms with E-state index >= 15 is 0 Å². The normalized spacial score (nSPS) is 15.6. The van der Waals surface area contributed by atoms with E-state index in [1.807, 2.05) is 18.5 Å². The van der Waals surface area contributed by atoms with Crippen molar-refractivity contribution in [2.24, 2.45) is 11.7 Å². The first-order chi connectivity index (χ1) is 13.1. The number of fused-ring (bicyclic) bond motifs is 1. The molecule has 0 bridgehead atoms. The number of pyridine rings is 1. The molecular formula is C19H26N8. The summed E-state index contributed by atoms with van der Waals surface area (Å²) in [6, 6.07) is 4.21. The lowest BCUT2D eigenvalue weighted by atomic mass is 9.97. The van der Waals surface area contributed by atoms with E-state index in [0.717, 1.165) is 61.1 Å². The molecule has 8 nitrogen and oxygen atoms in total. The molecule has 1 aliphatic rings. The highest BCUT2D eigenvalue weighted by Gasteiger charge is 2.20. The van der Waals surface area contributed by atoms with Gasteiger partial charge >= 0.3 is 0 Å². The number of nitrogens with one attached hydrogen (secondary N) is 1. The molecule has 0 spiro atoms. The quantitative estimate of drug-likeness (QED) is 0.716. The molecule has 4 rings (SSSR count). The third-order valence-electron chi connectivity index (χ3n) is 5.15. The Balaban J connectivity index is 1.53. The van der Waals surface area contributed by atoms with Crippen LogP contribution in [-0.2, 0) is 0 Å². The van der Waals surface area contributed by atoms with E-state index in [-0.39, 0.29) is 0 Å². The molecule has 4 heterocycles. The highest BCUT2D eigenvalue weighted by atomic mass is 15.3. The van der Waals surface area contributed by atoms with Gasteiger partial charge in [-0.2, -0.15) is 4.98 Å². The van der Waals surface area contributed by atoms with Gasteiger partial charge in [-0.05, 0) is 45.2 Å². The minimum atomic E-state index is 0.340. The Morgan fingerprint density at radius 2 is 2.00 bits per heavy atom. The number of rotatable bonds is 5. The smallest absolute Gasteiger partial charge is 0.227 e. The zero-order chi connectivity index (χ0) is 18.8. The van der Waals surface area contributed by atoms with Crippen molar-refractivity contribution >= 4 is 28.6 Å². The van der Waals surface area contributed by atoms with Crippen LogP contribution in [0, 0.1) is 5.92 Å². The van der Waals surface area contributed by atoms with Gasteiger partial charge in [-0.3, -0.25) is 0 Å². The van der Waals surface area contributed by atoms with E-state index in [2.05, 4.69) is 48.6 Å². The number of nitrogens with two attached hydrogens (primary N) is 1. The van der Waals surface area contributed by atoms with Crippen LogP contribution in [0.15, 0.2) is 30.9 Å². The van der Waals surface area contributed by atoms with Crippen LogP contribution in [0.1, 0.15) is 32.7 Å². The van der Waals surface area contributed by atoms with Gasteiger partial charge in [0.1, 0.15) is 17.2 Å². The fourth-order valence-corrected chi connectivity index (χ4v) is 3.48. The van der Waals surface area contributed by atoms with Crippen LogP contribution in [-0.4, -0.2) is 44.1 Å². The fourth-order valence-electron chi connectivity index (χ4n) is 3.48. The fraction of sp³-hybridized carbons (Fsp3) is 0.474. The molecule has 3 N–H and O–H groups in total.